The van der Waals surface area contributed by atoms with Gasteiger partial charge in [-0.2, -0.15) is 0 Å². The van der Waals surface area contributed by atoms with Crippen LogP contribution in [0, 0.1) is 12.3 Å². The lowest BCUT2D eigenvalue weighted by Crippen LogP contribution is -2.59. The first-order valence-corrected chi connectivity index (χ1v) is 6.25. The molecule has 1 amide bonds. The number of likely N-dealkylation sites (tertiary alicyclic amines) is 1. The molecule has 0 aliphatic carbocycles. The highest BCUT2D eigenvalue weighted by Crippen LogP contribution is 2.36. The van der Waals surface area contributed by atoms with Gasteiger partial charge in [0.25, 0.3) is 5.91 Å². The molecule has 2 fully saturated rings. The van der Waals surface area contributed by atoms with Gasteiger partial charge in [-0.25, -0.2) is 0 Å². The normalized spacial score (nSPS) is 21.6. The van der Waals surface area contributed by atoms with Crippen molar-refractivity contribution in [1.82, 2.24) is 10.2 Å². The molecule has 1 aromatic carbocycles. The standard InChI is InChI=1S/C14H18N2O/c1-11-2-4-12(5-3-11)13(17)16-9-14(10-16)6-7-15-8-14/h2-5,15H,6-10H2,1H3. The summed E-state index contributed by atoms with van der Waals surface area (Å²) in [5.74, 6) is 0.183. The van der Waals surface area contributed by atoms with Crippen LogP contribution in [0.2, 0.25) is 0 Å². The summed E-state index contributed by atoms with van der Waals surface area (Å²) in [5, 5.41) is 3.38. The minimum absolute atomic E-state index is 0.183. The molecule has 0 aromatic heterocycles. The number of benzene rings is 1. The molecule has 0 atom stereocenters. The molecule has 1 N–H and O–H groups in total. The van der Waals surface area contributed by atoms with Gasteiger partial charge in [0.15, 0.2) is 0 Å². The average molecular weight is 230 g/mol. The lowest BCUT2D eigenvalue weighted by molar-refractivity contribution is 0.0159. The Labute approximate surface area is 102 Å². The first kappa shape index (κ1) is 10.8. The Balaban J connectivity index is 1.67. The second kappa shape index (κ2) is 3.84. The number of carbonyl (C=O) groups excluding carboxylic acids is 1. The molecular weight excluding hydrogens is 212 g/mol. The molecule has 0 bridgehead atoms. The molecule has 0 radical (unpaired) electrons. The summed E-state index contributed by atoms with van der Waals surface area (Å²) >= 11 is 0. The molecule has 17 heavy (non-hydrogen) atoms. The number of carbonyl (C=O) groups is 1. The monoisotopic (exact) mass is 230 g/mol. The molecule has 1 aromatic rings. The molecule has 0 unspecified atom stereocenters. The third-order valence-corrected chi connectivity index (χ3v) is 3.97. The van der Waals surface area contributed by atoms with Gasteiger partial charge in [-0.1, -0.05) is 17.7 Å². The highest BCUT2D eigenvalue weighted by molar-refractivity contribution is 5.94. The molecule has 3 nitrogen and oxygen atoms in total. The summed E-state index contributed by atoms with van der Waals surface area (Å²) in [6, 6.07) is 7.85. The summed E-state index contributed by atoms with van der Waals surface area (Å²) in [7, 11) is 0. The van der Waals surface area contributed by atoms with Crippen LogP contribution in [0.15, 0.2) is 24.3 Å². The number of aryl methyl sites for hydroxylation is 1. The van der Waals surface area contributed by atoms with E-state index in [-0.39, 0.29) is 5.91 Å². The van der Waals surface area contributed by atoms with Gasteiger partial charge in [-0.05, 0) is 32.0 Å². The topological polar surface area (TPSA) is 32.3 Å². The first-order chi connectivity index (χ1) is 8.19. The molecule has 2 saturated heterocycles. The van der Waals surface area contributed by atoms with Crippen molar-refractivity contribution in [3.63, 3.8) is 0 Å². The lowest BCUT2D eigenvalue weighted by Gasteiger charge is -2.47. The number of hydrogen-bond acceptors (Lipinski definition) is 2. The maximum atomic E-state index is 12.2. The third kappa shape index (κ3) is 1.84. The molecule has 0 saturated carbocycles. The van der Waals surface area contributed by atoms with Crippen LogP contribution in [0.5, 0.6) is 0 Å². The van der Waals surface area contributed by atoms with E-state index < -0.39 is 0 Å². The van der Waals surface area contributed by atoms with Gasteiger partial charge in [0.1, 0.15) is 0 Å². The summed E-state index contributed by atoms with van der Waals surface area (Å²) in [6.07, 6.45) is 1.21. The zero-order valence-corrected chi connectivity index (χ0v) is 10.2. The number of nitrogens with zero attached hydrogens (tertiary/aromatic N) is 1. The molecule has 2 heterocycles. The number of nitrogens with one attached hydrogen (secondary N) is 1. The van der Waals surface area contributed by atoms with Gasteiger partial charge in [0, 0.05) is 30.6 Å². The zero-order chi connectivity index (χ0) is 11.9. The van der Waals surface area contributed by atoms with E-state index in [0.717, 1.165) is 31.7 Å². The van der Waals surface area contributed by atoms with Crippen molar-refractivity contribution in [2.45, 2.75) is 13.3 Å². The van der Waals surface area contributed by atoms with Crippen LogP contribution in [0.3, 0.4) is 0 Å². The van der Waals surface area contributed by atoms with E-state index in [4.69, 9.17) is 0 Å². The van der Waals surface area contributed by atoms with Gasteiger partial charge in [0.2, 0.25) is 0 Å². The summed E-state index contributed by atoms with van der Waals surface area (Å²) in [6.45, 7) is 6.06. The van der Waals surface area contributed by atoms with E-state index in [2.05, 4.69) is 5.32 Å². The van der Waals surface area contributed by atoms with Crippen LogP contribution >= 0.6 is 0 Å². The van der Waals surface area contributed by atoms with Crippen molar-refractivity contribution in [3.05, 3.63) is 35.4 Å². The minimum atomic E-state index is 0.183. The molecular formula is C14H18N2O. The maximum absolute atomic E-state index is 12.2. The highest BCUT2D eigenvalue weighted by atomic mass is 16.2. The largest absolute Gasteiger partial charge is 0.337 e. The molecule has 3 heteroatoms. The number of hydrogen-bond donors (Lipinski definition) is 1. The molecule has 2 aliphatic rings. The smallest absolute Gasteiger partial charge is 0.253 e. The predicted molar refractivity (Wildman–Crippen MR) is 67.0 cm³/mol. The van der Waals surface area contributed by atoms with Crippen molar-refractivity contribution in [2.24, 2.45) is 5.41 Å². The van der Waals surface area contributed by atoms with E-state index >= 15 is 0 Å². The van der Waals surface area contributed by atoms with Crippen LogP contribution in [-0.4, -0.2) is 37.0 Å². The van der Waals surface area contributed by atoms with E-state index in [9.17, 15) is 4.79 Å². The Morgan fingerprint density at radius 3 is 2.59 bits per heavy atom. The third-order valence-electron chi connectivity index (χ3n) is 3.97. The Morgan fingerprint density at radius 2 is 2.00 bits per heavy atom. The molecule has 2 aliphatic heterocycles. The van der Waals surface area contributed by atoms with Gasteiger partial charge < -0.3 is 10.2 Å². The van der Waals surface area contributed by atoms with Crippen LogP contribution in [0.1, 0.15) is 22.3 Å². The van der Waals surface area contributed by atoms with Crippen molar-refractivity contribution in [2.75, 3.05) is 26.2 Å². The van der Waals surface area contributed by atoms with Crippen LogP contribution in [0.4, 0.5) is 0 Å². The molecule has 3 rings (SSSR count). The average Bonchev–Trinajstić information content (AvgIpc) is 2.76. The fourth-order valence-electron chi connectivity index (χ4n) is 2.85. The van der Waals surface area contributed by atoms with Crippen LogP contribution < -0.4 is 5.32 Å². The number of amides is 1. The first-order valence-electron chi connectivity index (χ1n) is 6.25. The Hall–Kier alpha value is -1.35. The highest BCUT2D eigenvalue weighted by Gasteiger charge is 2.46. The van der Waals surface area contributed by atoms with Gasteiger partial charge >= 0.3 is 0 Å². The van der Waals surface area contributed by atoms with Crippen molar-refractivity contribution < 1.29 is 4.79 Å². The minimum Gasteiger partial charge on any atom is -0.337 e. The molecule has 90 valence electrons. The summed E-state index contributed by atoms with van der Waals surface area (Å²) in [4.78, 5) is 14.2. The summed E-state index contributed by atoms with van der Waals surface area (Å²) in [5.41, 5.74) is 2.40. The second-order valence-corrected chi connectivity index (χ2v) is 5.45. The fraction of sp³-hybridized carbons (Fsp3) is 0.500. The predicted octanol–water partition coefficient (Wildman–Crippen LogP) is 1.43. The van der Waals surface area contributed by atoms with E-state index in [1.165, 1.54) is 12.0 Å². The molecule has 1 spiro atoms. The second-order valence-electron chi connectivity index (χ2n) is 5.45. The lowest BCUT2D eigenvalue weighted by atomic mass is 9.79. The van der Waals surface area contributed by atoms with E-state index in [1.807, 2.05) is 36.1 Å². The van der Waals surface area contributed by atoms with E-state index in [1.54, 1.807) is 0 Å². The van der Waals surface area contributed by atoms with Crippen LogP contribution in [-0.2, 0) is 0 Å². The van der Waals surface area contributed by atoms with Crippen LogP contribution in [0.25, 0.3) is 0 Å². The SMILES string of the molecule is Cc1ccc(C(=O)N2CC3(CCNC3)C2)cc1. The van der Waals surface area contributed by atoms with E-state index in [0.29, 0.717) is 5.41 Å². The van der Waals surface area contributed by atoms with Crippen molar-refractivity contribution in [3.8, 4) is 0 Å². The Morgan fingerprint density at radius 1 is 1.29 bits per heavy atom. The summed E-state index contributed by atoms with van der Waals surface area (Å²) < 4.78 is 0. The van der Waals surface area contributed by atoms with Crippen molar-refractivity contribution >= 4 is 5.91 Å². The Bertz CT molecular complexity index is 424. The van der Waals surface area contributed by atoms with Gasteiger partial charge in [0.05, 0.1) is 0 Å². The van der Waals surface area contributed by atoms with Gasteiger partial charge in [-0.3, -0.25) is 4.79 Å². The van der Waals surface area contributed by atoms with Crippen molar-refractivity contribution in [1.29, 1.82) is 0 Å². The fourth-order valence-corrected chi connectivity index (χ4v) is 2.85. The number of rotatable bonds is 1. The maximum Gasteiger partial charge on any atom is 0.253 e. The quantitative estimate of drug-likeness (QED) is 0.791. The van der Waals surface area contributed by atoms with Gasteiger partial charge in [-0.15, -0.1) is 0 Å². The Kier molecular flexibility index (Phi) is 2.44. The zero-order valence-electron chi connectivity index (χ0n) is 10.2.